The first-order valence-electron chi connectivity index (χ1n) is 9.54. The fourth-order valence-corrected chi connectivity index (χ4v) is 3.74. The van der Waals surface area contributed by atoms with Crippen LogP contribution in [-0.2, 0) is 19.5 Å². The predicted molar refractivity (Wildman–Crippen MR) is 108 cm³/mol. The first-order chi connectivity index (χ1) is 13.7. The Kier molecular flexibility index (Phi) is 4.24. The zero-order chi connectivity index (χ0) is 18.9. The quantitative estimate of drug-likeness (QED) is 0.752. The van der Waals surface area contributed by atoms with Crippen molar-refractivity contribution in [1.82, 2.24) is 9.97 Å². The molecule has 0 saturated carbocycles. The van der Waals surface area contributed by atoms with Gasteiger partial charge >= 0.3 is 0 Å². The van der Waals surface area contributed by atoms with Gasteiger partial charge in [0.15, 0.2) is 11.5 Å². The Morgan fingerprint density at radius 3 is 2.79 bits per heavy atom. The summed E-state index contributed by atoms with van der Waals surface area (Å²) in [4.78, 5) is 11.5. The number of rotatable bonds is 4. The van der Waals surface area contributed by atoms with Gasteiger partial charge in [0, 0.05) is 25.7 Å². The van der Waals surface area contributed by atoms with E-state index in [9.17, 15) is 0 Å². The van der Waals surface area contributed by atoms with Gasteiger partial charge in [-0.2, -0.15) is 0 Å². The molecule has 5 rings (SSSR count). The molecule has 3 aromatic rings. The molecule has 1 N–H and O–H groups in total. The van der Waals surface area contributed by atoms with Crippen LogP contribution in [0, 0.1) is 6.92 Å². The number of hydrogen-bond acceptors (Lipinski definition) is 6. The van der Waals surface area contributed by atoms with E-state index in [1.807, 2.05) is 31.2 Å². The molecule has 0 atom stereocenters. The molecule has 0 saturated heterocycles. The van der Waals surface area contributed by atoms with E-state index in [1.54, 1.807) is 0 Å². The number of aryl methyl sites for hydroxylation is 1. The minimum Gasteiger partial charge on any atom is -0.454 e. The van der Waals surface area contributed by atoms with Crippen molar-refractivity contribution in [2.24, 2.45) is 0 Å². The second kappa shape index (κ2) is 7.03. The number of hydrogen-bond donors (Lipinski definition) is 1. The van der Waals surface area contributed by atoms with Crippen LogP contribution < -0.4 is 19.7 Å². The molecule has 2 aliphatic heterocycles. The highest BCUT2D eigenvalue weighted by Gasteiger charge is 2.18. The molecule has 3 heterocycles. The van der Waals surface area contributed by atoms with E-state index in [2.05, 4.69) is 44.5 Å². The first-order valence-corrected chi connectivity index (χ1v) is 9.54. The molecule has 142 valence electrons. The van der Waals surface area contributed by atoms with Gasteiger partial charge in [-0.05, 0) is 42.2 Å². The van der Waals surface area contributed by atoms with Gasteiger partial charge in [-0.15, -0.1) is 0 Å². The summed E-state index contributed by atoms with van der Waals surface area (Å²) in [5, 5.41) is 3.42. The third kappa shape index (κ3) is 3.33. The molecule has 2 aromatic carbocycles. The van der Waals surface area contributed by atoms with Crippen LogP contribution in [0.3, 0.4) is 0 Å². The average Bonchev–Trinajstić information content (AvgIpc) is 3.19. The van der Waals surface area contributed by atoms with Crippen LogP contribution >= 0.6 is 0 Å². The molecule has 6 nitrogen and oxygen atoms in total. The van der Waals surface area contributed by atoms with Crippen molar-refractivity contribution in [3.63, 3.8) is 0 Å². The summed E-state index contributed by atoms with van der Waals surface area (Å²) in [7, 11) is 0. The second-order valence-electron chi connectivity index (χ2n) is 7.14. The molecule has 0 unspecified atom stereocenters. The summed E-state index contributed by atoms with van der Waals surface area (Å²) in [6.45, 7) is 4.74. The fraction of sp³-hybridized carbons (Fsp3) is 0.273. The Balaban J connectivity index is 1.32. The number of benzene rings is 2. The van der Waals surface area contributed by atoms with Crippen molar-refractivity contribution in [3.05, 3.63) is 71.0 Å². The van der Waals surface area contributed by atoms with Crippen LogP contribution in [0.5, 0.6) is 11.5 Å². The molecule has 0 amide bonds. The van der Waals surface area contributed by atoms with Crippen molar-refractivity contribution in [2.45, 2.75) is 26.4 Å². The molecule has 0 bridgehead atoms. The van der Waals surface area contributed by atoms with Crippen molar-refractivity contribution in [2.75, 3.05) is 23.6 Å². The lowest BCUT2D eigenvalue weighted by molar-refractivity contribution is 0.174. The minimum absolute atomic E-state index is 0.291. The van der Waals surface area contributed by atoms with Crippen LogP contribution in [0.15, 0.2) is 48.5 Å². The van der Waals surface area contributed by atoms with Crippen molar-refractivity contribution < 1.29 is 9.47 Å². The summed E-state index contributed by atoms with van der Waals surface area (Å²) in [5.41, 5.74) is 3.93. The van der Waals surface area contributed by atoms with E-state index >= 15 is 0 Å². The third-order valence-electron chi connectivity index (χ3n) is 5.19. The summed E-state index contributed by atoms with van der Waals surface area (Å²) in [6, 6.07) is 16.7. The Hall–Kier alpha value is -3.28. The number of ether oxygens (including phenoxy) is 2. The lowest BCUT2D eigenvalue weighted by atomic mass is 10.00. The Bertz CT molecular complexity index is 1020. The van der Waals surface area contributed by atoms with Gasteiger partial charge in [-0.25, -0.2) is 9.97 Å². The number of nitrogens with one attached hydrogen (secondary N) is 1. The number of nitrogens with zero attached hydrogens (tertiary/aromatic N) is 3. The van der Waals surface area contributed by atoms with Gasteiger partial charge in [0.1, 0.15) is 17.5 Å². The molecule has 0 spiro atoms. The van der Waals surface area contributed by atoms with E-state index in [-0.39, 0.29) is 0 Å². The lowest BCUT2D eigenvalue weighted by Gasteiger charge is -2.30. The molecule has 1 aromatic heterocycles. The molecule has 6 heteroatoms. The van der Waals surface area contributed by atoms with Gasteiger partial charge in [-0.3, -0.25) is 0 Å². The Morgan fingerprint density at radius 1 is 1.00 bits per heavy atom. The molecule has 0 fully saturated rings. The number of fused-ring (bicyclic) bond motifs is 2. The molecule has 0 radical (unpaired) electrons. The minimum atomic E-state index is 0.291. The van der Waals surface area contributed by atoms with Crippen molar-refractivity contribution in [1.29, 1.82) is 0 Å². The Labute approximate surface area is 164 Å². The first kappa shape index (κ1) is 16.9. The van der Waals surface area contributed by atoms with E-state index in [0.29, 0.717) is 13.3 Å². The molecule has 0 aliphatic carbocycles. The predicted octanol–water partition coefficient (Wildman–Crippen LogP) is 3.69. The van der Waals surface area contributed by atoms with Crippen LogP contribution in [0.4, 0.5) is 11.6 Å². The van der Waals surface area contributed by atoms with Gasteiger partial charge in [0.05, 0.1) is 0 Å². The van der Waals surface area contributed by atoms with Gasteiger partial charge in [-0.1, -0.05) is 30.3 Å². The smallest absolute Gasteiger partial charge is 0.231 e. The summed E-state index contributed by atoms with van der Waals surface area (Å²) in [5.74, 6) is 4.17. The summed E-state index contributed by atoms with van der Waals surface area (Å²) >= 11 is 0. The van der Waals surface area contributed by atoms with Crippen LogP contribution in [-0.4, -0.2) is 23.3 Å². The third-order valence-corrected chi connectivity index (χ3v) is 5.19. The number of aromatic nitrogens is 2. The van der Waals surface area contributed by atoms with E-state index in [0.717, 1.165) is 54.0 Å². The molecule has 2 aliphatic rings. The maximum atomic E-state index is 5.46. The van der Waals surface area contributed by atoms with E-state index in [4.69, 9.17) is 9.47 Å². The zero-order valence-electron chi connectivity index (χ0n) is 15.8. The summed E-state index contributed by atoms with van der Waals surface area (Å²) < 4.78 is 10.8. The topological polar surface area (TPSA) is 59.5 Å². The maximum Gasteiger partial charge on any atom is 0.231 e. The Morgan fingerprint density at radius 2 is 1.86 bits per heavy atom. The van der Waals surface area contributed by atoms with Crippen molar-refractivity contribution in [3.8, 4) is 11.5 Å². The molecule has 28 heavy (non-hydrogen) atoms. The number of anilines is 2. The average molecular weight is 374 g/mol. The van der Waals surface area contributed by atoms with Crippen LogP contribution in [0.25, 0.3) is 0 Å². The van der Waals surface area contributed by atoms with Gasteiger partial charge in [0.2, 0.25) is 6.79 Å². The monoisotopic (exact) mass is 374 g/mol. The second-order valence-corrected chi connectivity index (χ2v) is 7.14. The zero-order valence-corrected chi connectivity index (χ0v) is 15.8. The summed E-state index contributed by atoms with van der Waals surface area (Å²) in [6.07, 6.45) is 1.04. The fourth-order valence-electron chi connectivity index (χ4n) is 3.74. The SMILES string of the molecule is Cc1nc(NCc2ccc3c(c2)OCO3)cc(N2CCc3ccccc3C2)n1. The van der Waals surface area contributed by atoms with Gasteiger partial charge < -0.3 is 19.7 Å². The molecular formula is C22H22N4O2. The highest BCUT2D eigenvalue weighted by Crippen LogP contribution is 2.32. The van der Waals surface area contributed by atoms with Crippen molar-refractivity contribution >= 4 is 11.6 Å². The van der Waals surface area contributed by atoms with E-state index < -0.39 is 0 Å². The normalized spacial score (nSPS) is 14.7. The maximum absolute atomic E-state index is 5.46. The standard InChI is InChI=1S/C22H22N4O2/c1-15-24-21(23-12-16-6-7-19-20(10-16)28-14-27-19)11-22(25-15)26-9-8-17-4-2-3-5-18(17)13-26/h2-7,10-11H,8-9,12-14H2,1H3,(H,23,24,25). The highest BCUT2D eigenvalue weighted by molar-refractivity contribution is 5.52. The van der Waals surface area contributed by atoms with E-state index in [1.165, 1.54) is 11.1 Å². The lowest BCUT2D eigenvalue weighted by Crippen LogP contribution is -2.31. The largest absolute Gasteiger partial charge is 0.454 e. The van der Waals surface area contributed by atoms with Crippen LogP contribution in [0.2, 0.25) is 0 Å². The van der Waals surface area contributed by atoms with Gasteiger partial charge in [0.25, 0.3) is 0 Å². The van der Waals surface area contributed by atoms with Crippen LogP contribution in [0.1, 0.15) is 22.5 Å². The molecular weight excluding hydrogens is 352 g/mol. The highest BCUT2D eigenvalue weighted by atomic mass is 16.7.